The highest BCUT2D eigenvalue weighted by molar-refractivity contribution is 5.90. The lowest BCUT2D eigenvalue weighted by atomic mass is 10.1. The van der Waals surface area contributed by atoms with Gasteiger partial charge >= 0.3 is 0 Å². The molecule has 0 saturated heterocycles. The number of carbonyl (C=O) groups is 1. The molecule has 24 heavy (non-hydrogen) atoms. The molecule has 0 spiro atoms. The van der Waals surface area contributed by atoms with E-state index in [1.165, 1.54) is 4.80 Å². The summed E-state index contributed by atoms with van der Waals surface area (Å²) >= 11 is 0. The van der Waals surface area contributed by atoms with Crippen LogP contribution in [0.2, 0.25) is 0 Å². The van der Waals surface area contributed by atoms with Crippen molar-refractivity contribution in [1.82, 2.24) is 20.2 Å². The Kier molecular flexibility index (Phi) is 4.51. The van der Waals surface area contributed by atoms with E-state index in [1.807, 2.05) is 31.2 Å². The molecular weight excluding hydrogens is 306 g/mol. The van der Waals surface area contributed by atoms with Gasteiger partial charge in [0.05, 0.1) is 7.11 Å². The van der Waals surface area contributed by atoms with Crippen molar-refractivity contribution in [3.05, 3.63) is 54.1 Å². The highest BCUT2D eigenvalue weighted by atomic mass is 16.5. The predicted octanol–water partition coefficient (Wildman–Crippen LogP) is 2.30. The molecule has 1 amide bonds. The van der Waals surface area contributed by atoms with E-state index < -0.39 is 0 Å². The molecule has 1 heterocycles. The van der Waals surface area contributed by atoms with Gasteiger partial charge in [-0.2, -0.15) is 4.80 Å². The molecule has 0 atom stereocenters. The second kappa shape index (κ2) is 6.91. The molecule has 0 saturated carbocycles. The van der Waals surface area contributed by atoms with Crippen LogP contribution in [0.15, 0.2) is 48.5 Å². The molecule has 0 aliphatic rings. The quantitative estimate of drug-likeness (QED) is 0.779. The Morgan fingerprint density at radius 1 is 1.17 bits per heavy atom. The van der Waals surface area contributed by atoms with E-state index in [4.69, 9.17) is 4.74 Å². The monoisotopic (exact) mass is 323 g/mol. The van der Waals surface area contributed by atoms with Crippen molar-refractivity contribution in [1.29, 1.82) is 0 Å². The van der Waals surface area contributed by atoms with Gasteiger partial charge in [0, 0.05) is 11.3 Å². The minimum atomic E-state index is -0.228. The molecule has 7 heteroatoms. The second-order valence-electron chi connectivity index (χ2n) is 5.24. The minimum Gasteiger partial charge on any atom is -0.497 e. The third-order valence-electron chi connectivity index (χ3n) is 3.50. The van der Waals surface area contributed by atoms with Crippen LogP contribution in [0.1, 0.15) is 5.56 Å². The topological polar surface area (TPSA) is 81.9 Å². The summed E-state index contributed by atoms with van der Waals surface area (Å²) in [6.07, 6.45) is 0. The molecule has 3 aromatic rings. The molecule has 1 aromatic heterocycles. The van der Waals surface area contributed by atoms with Gasteiger partial charge in [-0.25, -0.2) is 0 Å². The number of nitrogens with zero attached hydrogens (tertiary/aromatic N) is 4. The molecular formula is C17H17N5O2. The molecule has 0 bridgehead atoms. The van der Waals surface area contributed by atoms with Crippen molar-refractivity contribution in [2.75, 3.05) is 12.4 Å². The first-order chi connectivity index (χ1) is 11.7. The fourth-order valence-electron chi connectivity index (χ4n) is 2.25. The molecule has 0 aliphatic carbocycles. The zero-order valence-corrected chi connectivity index (χ0v) is 13.4. The Labute approximate surface area is 139 Å². The molecule has 7 nitrogen and oxygen atoms in total. The van der Waals surface area contributed by atoms with E-state index in [1.54, 1.807) is 31.4 Å². The maximum Gasteiger partial charge on any atom is 0.248 e. The van der Waals surface area contributed by atoms with E-state index in [0.717, 1.165) is 16.9 Å². The molecule has 0 fully saturated rings. The molecule has 0 unspecified atom stereocenters. The Balaban J connectivity index is 1.66. The van der Waals surface area contributed by atoms with E-state index in [2.05, 4.69) is 20.7 Å². The van der Waals surface area contributed by atoms with Gasteiger partial charge in [-0.3, -0.25) is 4.79 Å². The zero-order chi connectivity index (χ0) is 16.9. The number of hydrogen-bond acceptors (Lipinski definition) is 5. The first-order valence-electron chi connectivity index (χ1n) is 7.43. The van der Waals surface area contributed by atoms with Crippen LogP contribution in [0.3, 0.4) is 0 Å². The smallest absolute Gasteiger partial charge is 0.248 e. The highest BCUT2D eigenvalue weighted by Gasteiger charge is 2.11. The van der Waals surface area contributed by atoms with Crippen LogP contribution in [0.25, 0.3) is 11.4 Å². The summed E-state index contributed by atoms with van der Waals surface area (Å²) in [6.45, 7) is 1.97. The second-order valence-corrected chi connectivity index (χ2v) is 5.24. The number of nitrogens with one attached hydrogen (secondary N) is 1. The van der Waals surface area contributed by atoms with Crippen LogP contribution < -0.4 is 10.1 Å². The minimum absolute atomic E-state index is 0.00902. The SMILES string of the molecule is COc1ccc(NC(=O)Cn2nnc(-c3ccccc3C)n2)cc1. The van der Waals surface area contributed by atoms with Gasteiger partial charge in [0.15, 0.2) is 0 Å². The lowest BCUT2D eigenvalue weighted by Gasteiger charge is -2.05. The van der Waals surface area contributed by atoms with Crippen molar-refractivity contribution >= 4 is 11.6 Å². The normalized spacial score (nSPS) is 10.4. The van der Waals surface area contributed by atoms with Crippen molar-refractivity contribution < 1.29 is 9.53 Å². The van der Waals surface area contributed by atoms with Gasteiger partial charge in [0.1, 0.15) is 12.3 Å². The van der Waals surface area contributed by atoms with Gasteiger partial charge in [-0.15, -0.1) is 10.2 Å². The Hall–Kier alpha value is -3.22. The van der Waals surface area contributed by atoms with Gasteiger partial charge in [-0.1, -0.05) is 24.3 Å². The van der Waals surface area contributed by atoms with E-state index in [0.29, 0.717) is 11.5 Å². The number of benzene rings is 2. The predicted molar refractivity (Wildman–Crippen MR) is 89.6 cm³/mol. The Morgan fingerprint density at radius 2 is 1.92 bits per heavy atom. The number of aromatic nitrogens is 4. The number of methoxy groups -OCH3 is 1. The largest absolute Gasteiger partial charge is 0.497 e. The van der Waals surface area contributed by atoms with Gasteiger partial charge < -0.3 is 10.1 Å². The van der Waals surface area contributed by atoms with Crippen LogP contribution in [0.5, 0.6) is 5.75 Å². The average Bonchev–Trinajstić information content (AvgIpc) is 3.04. The van der Waals surface area contributed by atoms with Crippen LogP contribution in [-0.2, 0) is 11.3 Å². The van der Waals surface area contributed by atoms with Crippen LogP contribution in [0.4, 0.5) is 5.69 Å². The number of anilines is 1. The zero-order valence-electron chi connectivity index (χ0n) is 13.4. The van der Waals surface area contributed by atoms with Crippen molar-refractivity contribution in [3.8, 4) is 17.1 Å². The molecule has 1 N–H and O–H groups in total. The van der Waals surface area contributed by atoms with Crippen molar-refractivity contribution in [2.45, 2.75) is 13.5 Å². The standard InChI is InChI=1S/C17H17N5O2/c1-12-5-3-4-6-15(12)17-19-21-22(20-17)11-16(23)18-13-7-9-14(24-2)10-8-13/h3-10H,11H2,1-2H3,(H,18,23). The summed E-state index contributed by atoms with van der Waals surface area (Å²) in [4.78, 5) is 13.4. The summed E-state index contributed by atoms with van der Waals surface area (Å²) in [7, 11) is 1.59. The van der Waals surface area contributed by atoms with Gasteiger partial charge in [-0.05, 0) is 42.0 Å². The van der Waals surface area contributed by atoms with E-state index in [9.17, 15) is 4.79 Å². The van der Waals surface area contributed by atoms with Crippen LogP contribution in [0, 0.1) is 6.92 Å². The highest BCUT2D eigenvalue weighted by Crippen LogP contribution is 2.18. The lowest BCUT2D eigenvalue weighted by Crippen LogP contribution is -2.20. The molecule has 3 rings (SSSR count). The van der Waals surface area contributed by atoms with Gasteiger partial charge in [0.25, 0.3) is 0 Å². The Morgan fingerprint density at radius 3 is 2.62 bits per heavy atom. The van der Waals surface area contributed by atoms with Crippen LogP contribution in [-0.4, -0.2) is 33.2 Å². The number of amides is 1. The molecule has 0 radical (unpaired) electrons. The third-order valence-corrected chi connectivity index (χ3v) is 3.50. The van der Waals surface area contributed by atoms with Crippen molar-refractivity contribution in [2.24, 2.45) is 0 Å². The number of tetrazole rings is 1. The maximum absolute atomic E-state index is 12.1. The number of aryl methyl sites for hydroxylation is 1. The molecule has 122 valence electrons. The average molecular weight is 323 g/mol. The maximum atomic E-state index is 12.1. The van der Waals surface area contributed by atoms with E-state index >= 15 is 0 Å². The summed E-state index contributed by atoms with van der Waals surface area (Å²) in [6, 6.07) is 14.9. The fourth-order valence-corrected chi connectivity index (χ4v) is 2.25. The number of ether oxygens (including phenoxy) is 1. The summed E-state index contributed by atoms with van der Waals surface area (Å²) in [5.74, 6) is 1.01. The van der Waals surface area contributed by atoms with E-state index in [-0.39, 0.29) is 12.5 Å². The summed E-state index contributed by atoms with van der Waals surface area (Å²) in [5.41, 5.74) is 2.64. The molecule has 0 aliphatic heterocycles. The van der Waals surface area contributed by atoms with Crippen molar-refractivity contribution in [3.63, 3.8) is 0 Å². The summed E-state index contributed by atoms with van der Waals surface area (Å²) < 4.78 is 5.08. The number of carbonyl (C=O) groups excluding carboxylic acids is 1. The van der Waals surface area contributed by atoms with Gasteiger partial charge in [0.2, 0.25) is 11.7 Å². The number of rotatable bonds is 5. The lowest BCUT2D eigenvalue weighted by molar-refractivity contribution is -0.117. The first-order valence-corrected chi connectivity index (χ1v) is 7.43. The molecule has 2 aromatic carbocycles. The first kappa shape index (κ1) is 15.7. The third kappa shape index (κ3) is 3.57. The Bertz CT molecular complexity index is 842. The fraction of sp³-hybridized carbons (Fsp3) is 0.176. The summed E-state index contributed by atoms with van der Waals surface area (Å²) in [5, 5.41) is 15.0. The van der Waals surface area contributed by atoms with Crippen LogP contribution >= 0.6 is 0 Å². The number of hydrogen-bond donors (Lipinski definition) is 1.